The van der Waals surface area contributed by atoms with Crippen LogP contribution in [-0.4, -0.2) is 76.6 Å². The summed E-state index contributed by atoms with van der Waals surface area (Å²) in [4.78, 5) is 7.16. The quantitative estimate of drug-likeness (QED) is 0.200. The summed E-state index contributed by atoms with van der Waals surface area (Å²) in [5, 5.41) is 6.79. The van der Waals surface area contributed by atoms with Crippen molar-refractivity contribution in [2.45, 2.75) is 57.9 Å². The monoisotopic (exact) mass is 496 g/mol. The summed E-state index contributed by atoms with van der Waals surface area (Å²) in [6.07, 6.45) is 8.76. The Kier molecular flexibility index (Phi) is 14.5. The molecule has 2 fully saturated rings. The number of hydrogen-bond donors (Lipinski definition) is 2. The Balaban J connectivity index is 0.00000364. The van der Waals surface area contributed by atoms with Crippen LogP contribution in [0.3, 0.4) is 0 Å². The Bertz CT molecular complexity index is 386. The molecule has 1 aliphatic heterocycles. The van der Waals surface area contributed by atoms with Crippen LogP contribution in [0, 0.1) is 5.92 Å². The molecule has 2 rings (SSSR count). The number of hydrogen-bond acceptors (Lipinski definition) is 4. The van der Waals surface area contributed by atoms with E-state index in [2.05, 4.69) is 34.5 Å². The highest BCUT2D eigenvalue weighted by molar-refractivity contribution is 14.0. The summed E-state index contributed by atoms with van der Waals surface area (Å²) in [5.74, 6) is 1.61. The van der Waals surface area contributed by atoms with Gasteiger partial charge in [0.25, 0.3) is 0 Å². The van der Waals surface area contributed by atoms with Crippen molar-refractivity contribution in [1.29, 1.82) is 0 Å². The van der Waals surface area contributed by atoms with Crippen molar-refractivity contribution in [2.24, 2.45) is 10.9 Å². The van der Waals surface area contributed by atoms with Gasteiger partial charge in [-0.15, -0.1) is 24.0 Å². The lowest BCUT2D eigenvalue weighted by Gasteiger charge is -2.24. The highest BCUT2D eigenvalue weighted by atomic mass is 127. The van der Waals surface area contributed by atoms with Crippen LogP contribution in [-0.2, 0) is 9.47 Å². The first-order chi connectivity index (χ1) is 12.8. The van der Waals surface area contributed by atoms with E-state index in [0.717, 1.165) is 83.9 Å². The second-order valence-electron chi connectivity index (χ2n) is 7.59. The minimum atomic E-state index is 0. The second-order valence-corrected chi connectivity index (χ2v) is 7.59. The molecule has 1 saturated heterocycles. The molecule has 2 N–H and O–H groups in total. The minimum absolute atomic E-state index is 0. The average Bonchev–Trinajstić information content (AvgIpc) is 3.20. The van der Waals surface area contributed by atoms with Crippen LogP contribution < -0.4 is 10.6 Å². The summed E-state index contributed by atoms with van der Waals surface area (Å²) >= 11 is 0. The fourth-order valence-electron chi connectivity index (χ4n) is 3.74. The van der Waals surface area contributed by atoms with Gasteiger partial charge in [-0.3, -0.25) is 4.99 Å². The zero-order valence-corrected chi connectivity index (χ0v) is 19.7. The van der Waals surface area contributed by atoms with Crippen LogP contribution in [0.15, 0.2) is 4.99 Å². The van der Waals surface area contributed by atoms with Crippen molar-refractivity contribution in [3.63, 3.8) is 0 Å². The first-order valence-electron chi connectivity index (χ1n) is 10.7. The number of aliphatic imine (C=N–C) groups is 1. The molecule has 7 heteroatoms. The molecule has 1 aliphatic carbocycles. The first kappa shape index (κ1) is 24.9. The summed E-state index contributed by atoms with van der Waals surface area (Å²) in [5.41, 5.74) is 0. The summed E-state index contributed by atoms with van der Waals surface area (Å²) in [6.45, 7) is 9.29. The molecule has 6 nitrogen and oxygen atoms in total. The molecule has 0 bridgehead atoms. The molecule has 0 radical (unpaired) electrons. The van der Waals surface area contributed by atoms with Crippen LogP contribution >= 0.6 is 24.0 Å². The van der Waals surface area contributed by atoms with E-state index in [4.69, 9.17) is 9.47 Å². The number of halogens is 1. The van der Waals surface area contributed by atoms with E-state index < -0.39 is 0 Å². The molecule has 27 heavy (non-hydrogen) atoms. The van der Waals surface area contributed by atoms with Crippen molar-refractivity contribution in [3.8, 4) is 0 Å². The number of guanidine groups is 1. The zero-order valence-electron chi connectivity index (χ0n) is 17.4. The van der Waals surface area contributed by atoms with Crippen molar-refractivity contribution < 1.29 is 9.47 Å². The molecule has 0 aromatic heterocycles. The Morgan fingerprint density at radius 3 is 2.59 bits per heavy atom. The number of likely N-dealkylation sites (N-methyl/N-ethyl adjacent to an activating group) is 1. The third kappa shape index (κ3) is 10.9. The molecular formula is C20H41IN4O2. The third-order valence-corrected chi connectivity index (χ3v) is 5.46. The van der Waals surface area contributed by atoms with Gasteiger partial charge in [-0.1, -0.05) is 12.8 Å². The van der Waals surface area contributed by atoms with Crippen LogP contribution in [0.5, 0.6) is 0 Å². The molecule has 0 unspecified atom stereocenters. The molecule has 0 aromatic rings. The second kappa shape index (κ2) is 15.8. The van der Waals surface area contributed by atoms with Crippen molar-refractivity contribution in [1.82, 2.24) is 15.5 Å². The normalized spacial score (nSPS) is 19.3. The van der Waals surface area contributed by atoms with E-state index in [9.17, 15) is 0 Å². The fourth-order valence-corrected chi connectivity index (χ4v) is 3.74. The summed E-state index contributed by atoms with van der Waals surface area (Å²) in [6, 6.07) is 0.782. The van der Waals surface area contributed by atoms with Crippen LogP contribution in [0.4, 0.5) is 0 Å². The maximum absolute atomic E-state index is 5.81. The lowest BCUT2D eigenvalue weighted by atomic mass is 10.0. The van der Waals surface area contributed by atoms with Gasteiger partial charge in [-0.2, -0.15) is 0 Å². The van der Waals surface area contributed by atoms with E-state index in [1.54, 1.807) is 0 Å². The van der Waals surface area contributed by atoms with Gasteiger partial charge in [-0.25, -0.2) is 0 Å². The molecule has 0 atom stereocenters. The smallest absolute Gasteiger partial charge is 0.191 e. The molecule has 1 saturated carbocycles. The third-order valence-electron chi connectivity index (χ3n) is 5.46. The maximum atomic E-state index is 5.81. The SMILES string of the molecule is CCNC(=NCCCOCC1CCOCC1)NCCN(C)C1CCCC1.I. The number of rotatable bonds is 11. The average molecular weight is 496 g/mol. The van der Waals surface area contributed by atoms with Crippen LogP contribution in [0.2, 0.25) is 0 Å². The van der Waals surface area contributed by atoms with Crippen molar-refractivity contribution in [3.05, 3.63) is 0 Å². The van der Waals surface area contributed by atoms with Crippen molar-refractivity contribution in [2.75, 3.05) is 59.7 Å². The summed E-state index contributed by atoms with van der Waals surface area (Å²) < 4.78 is 11.2. The zero-order chi connectivity index (χ0) is 18.5. The lowest BCUT2D eigenvalue weighted by molar-refractivity contribution is 0.0205. The molecular weight excluding hydrogens is 455 g/mol. The number of nitrogens with zero attached hydrogens (tertiary/aromatic N) is 2. The van der Waals surface area contributed by atoms with Gasteiger partial charge in [0, 0.05) is 58.6 Å². The molecule has 2 aliphatic rings. The Morgan fingerprint density at radius 2 is 1.89 bits per heavy atom. The topological polar surface area (TPSA) is 58.1 Å². The predicted octanol–water partition coefficient (Wildman–Crippen LogP) is 2.87. The Morgan fingerprint density at radius 1 is 1.15 bits per heavy atom. The van der Waals surface area contributed by atoms with Gasteiger partial charge >= 0.3 is 0 Å². The maximum Gasteiger partial charge on any atom is 0.191 e. The van der Waals surface area contributed by atoms with E-state index in [0.29, 0.717) is 5.92 Å². The lowest BCUT2D eigenvalue weighted by Crippen LogP contribution is -2.42. The highest BCUT2D eigenvalue weighted by Gasteiger charge is 2.18. The molecule has 0 aromatic carbocycles. The van der Waals surface area contributed by atoms with E-state index in [-0.39, 0.29) is 24.0 Å². The standard InChI is InChI=1S/C20H40N4O2.HI/c1-3-21-20(23-12-13-24(2)19-7-4-5-8-19)22-11-6-14-26-17-18-9-15-25-16-10-18;/h18-19H,3-17H2,1-2H3,(H2,21,22,23);1H. The molecule has 1 heterocycles. The van der Waals surface area contributed by atoms with E-state index >= 15 is 0 Å². The largest absolute Gasteiger partial charge is 0.381 e. The Hall–Kier alpha value is -0.120. The highest BCUT2D eigenvalue weighted by Crippen LogP contribution is 2.21. The predicted molar refractivity (Wildman–Crippen MR) is 123 cm³/mol. The fraction of sp³-hybridized carbons (Fsp3) is 0.950. The molecule has 0 amide bonds. The van der Waals surface area contributed by atoms with Crippen molar-refractivity contribution >= 4 is 29.9 Å². The summed E-state index contributed by atoms with van der Waals surface area (Å²) in [7, 11) is 2.25. The molecule has 0 spiro atoms. The molecule has 160 valence electrons. The van der Waals surface area contributed by atoms with Gasteiger partial charge in [0.1, 0.15) is 0 Å². The first-order valence-corrected chi connectivity index (χ1v) is 10.7. The minimum Gasteiger partial charge on any atom is -0.381 e. The number of ether oxygens (including phenoxy) is 2. The number of nitrogens with one attached hydrogen (secondary N) is 2. The van der Waals surface area contributed by atoms with Gasteiger partial charge in [0.05, 0.1) is 0 Å². The Labute approximate surface area is 183 Å². The van der Waals surface area contributed by atoms with Crippen LogP contribution in [0.1, 0.15) is 51.9 Å². The van der Waals surface area contributed by atoms with Crippen LogP contribution in [0.25, 0.3) is 0 Å². The van der Waals surface area contributed by atoms with Gasteiger partial charge in [0.2, 0.25) is 0 Å². The van der Waals surface area contributed by atoms with Gasteiger partial charge < -0.3 is 25.0 Å². The van der Waals surface area contributed by atoms with E-state index in [1.165, 1.54) is 25.7 Å². The van der Waals surface area contributed by atoms with E-state index in [1.807, 2.05) is 0 Å². The van der Waals surface area contributed by atoms with Gasteiger partial charge in [0.15, 0.2) is 5.96 Å². The van der Waals surface area contributed by atoms with Gasteiger partial charge in [-0.05, 0) is 52.0 Å².